The van der Waals surface area contributed by atoms with Crippen molar-refractivity contribution in [2.24, 2.45) is 4.99 Å². The molecular formula is C42H25N. The molecule has 1 heterocycles. The fourth-order valence-corrected chi connectivity index (χ4v) is 7.70. The van der Waals surface area contributed by atoms with Crippen molar-refractivity contribution in [3.63, 3.8) is 0 Å². The summed E-state index contributed by atoms with van der Waals surface area (Å²) >= 11 is 0. The SMILES string of the molecule is c1ccc2c(c1)C1=Nc3cc(-c4ccc(-c5ccc6ccc7cccc8ccc5c6c78)cc4)ccc3C1c1ccccc1-2. The molecule has 198 valence electrons. The first kappa shape index (κ1) is 23.1. The predicted octanol–water partition coefficient (Wildman–Crippen LogP) is 11.2. The summed E-state index contributed by atoms with van der Waals surface area (Å²) in [7, 11) is 0. The molecule has 0 radical (unpaired) electrons. The quantitative estimate of drug-likeness (QED) is 0.192. The Hall–Kier alpha value is -5.53. The van der Waals surface area contributed by atoms with Crippen LogP contribution in [0.5, 0.6) is 0 Å². The van der Waals surface area contributed by atoms with E-state index >= 15 is 0 Å². The monoisotopic (exact) mass is 543 g/mol. The number of benzene rings is 8. The highest BCUT2D eigenvalue weighted by molar-refractivity contribution is 6.25. The Morgan fingerprint density at radius 3 is 1.88 bits per heavy atom. The van der Waals surface area contributed by atoms with Crippen molar-refractivity contribution in [1.29, 1.82) is 0 Å². The van der Waals surface area contributed by atoms with Gasteiger partial charge < -0.3 is 0 Å². The largest absolute Gasteiger partial charge is 0.251 e. The zero-order valence-electron chi connectivity index (χ0n) is 23.4. The first-order valence-corrected chi connectivity index (χ1v) is 15.0. The molecule has 0 fully saturated rings. The molecular weight excluding hydrogens is 518 g/mol. The second kappa shape index (κ2) is 8.50. The van der Waals surface area contributed by atoms with E-state index in [1.165, 1.54) is 88.1 Å². The lowest BCUT2D eigenvalue weighted by Crippen LogP contribution is -2.18. The predicted molar refractivity (Wildman–Crippen MR) is 181 cm³/mol. The smallest absolute Gasteiger partial charge is 0.0682 e. The Kier molecular flexibility index (Phi) is 4.56. The van der Waals surface area contributed by atoms with Crippen LogP contribution in [-0.2, 0) is 0 Å². The van der Waals surface area contributed by atoms with Crippen molar-refractivity contribution < 1.29 is 0 Å². The maximum atomic E-state index is 5.26. The van der Waals surface area contributed by atoms with Crippen LogP contribution in [0.2, 0.25) is 0 Å². The molecule has 0 saturated heterocycles. The topological polar surface area (TPSA) is 12.4 Å². The van der Waals surface area contributed by atoms with E-state index in [4.69, 9.17) is 4.99 Å². The van der Waals surface area contributed by atoms with Gasteiger partial charge in [0.2, 0.25) is 0 Å². The van der Waals surface area contributed by atoms with E-state index in [0.29, 0.717) is 0 Å². The highest BCUT2D eigenvalue weighted by Gasteiger charge is 2.36. The van der Waals surface area contributed by atoms with Gasteiger partial charge in [-0.3, -0.25) is 4.99 Å². The van der Waals surface area contributed by atoms with Gasteiger partial charge in [0.15, 0.2) is 0 Å². The number of fused-ring (bicyclic) bond motifs is 8. The van der Waals surface area contributed by atoms with Gasteiger partial charge >= 0.3 is 0 Å². The third-order valence-corrected chi connectivity index (χ3v) is 9.68. The molecule has 0 aromatic heterocycles. The molecule has 0 saturated carbocycles. The van der Waals surface area contributed by atoms with Gasteiger partial charge in [-0.15, -0.1) is 0 Å². The van der Waals surface area contributed by atoms with E-state index in [0.717, 1.165) is 5.69 Å². The van der Waals surface area contributed by atoms with Crippen molar-refractivity contribution in [2.75, 3.05) is 0 Å². The third kappa shape index (κ3) is 3.19. The maximum Gasteiger partial charge on any atom is 0.0682 e. The van der Waals surface area contributed by atoms with Crippen LogP contribution in [-0.4, -0.2) is 5.71 Å². The summed E-state index contributed by atoms with van der Waals surface area (Å²) in [4.78, 5) is 5.26. The Bertz CT molecular complexity index is 2430. The summed E-state index contributed by atoms with van der Waals surface area (Å²) in [6, 6.07) is 53.6. The molecule has 10 rings (SSSR count). The second-order valence-corrected chi connectivity index (χ2v) is 11.9. The molecule has 0 bridgehead atoms. The standard InChI is InChI=1S/C42H25N/c1-3-10-34-32(8-1)33-9-2-4-11-36(33)42-41(34)37-23-20-30(24-38(37)43-42)25-12-14-26(15-13-25)31-21-18-29-17-16-27-6-5-7-28-19-22-35(31)40(29)39(27)28/h1-24,41H. The summed E-state index contributed by atoms with van der Waals surface area (Å²) in [5.41, 5.74) is 13.7. The van der Waals surface area contributed by atoms with E-state index in [9.17, 15) is 0 Å². The minimum atomic E-state index is 0.187. The highest BCUT2D eigenvalue weighted by Crippen LogP contribution is 2.50. The van der Waals surface area contributed by atoms with Gasteiger partial charge in [-0.25, -0.2) is 0 Å². The number of aliphatic imine (C=N–C) groups is 1. The molecule has 0 spiro atoms. The Morgan fingerprint density at radius 1 is 0.395 bits per heavy atom. The average molecular weight is 544 g/mol. The van der Waals surface area contributed by atoms with Crippen molar-refractivity contribution in [1.82, 2.24) is 0 Å². The summed E-state index contributed by atoms with van der Waals surface area (Å²) < 4.78 is 0. The Morgan fingerprint density at radius 2 is 1.05 bits per heavy atom. The normalized spacial score (nSPS) is 14.9. The second-order valence-electron chi connectivity index (χ2n) is 11.9. The lowest BCUT2D eigenvalue weighted by Gasteiger charge is -2.26. The number of hydrogen-bond donors (Lipinski definition) is 0. The minimum absolute atomic E-state index is 0.187. The molecule has 8 aromatic carbocycles. The molecule has 2 aliphatic rings. The molecule has 1 heteroatoms. The number of nitrogens with zero attached hydrogens (tertiary/aromatic N) is 1. The molecule has 8 aromatic rings. The summed E-state index contributed by atoms with van der Waals surface area (Å²) in [5, 5.41) is 7.93. The molecule has 0 N–H and O–H groups in total. The zero-order valence-corrected chi connectivity index (χ0v) is 23.4. The van der Waals surface area contributed by atoms with Crippen molar-refractivity contribution >= 4 is 43.7 Å². The van der Waals surface area contributed by atoms with Crippen LogP contribution in [0.3, 0.4) is 0 Å². The van der Waals surface area contributed by atoms with E-state index in [-0.39, 0.29) is 5.92 Å². The zero-order chi connectivity index (χ0) is 28.1. The first-order chi connectivity index (χ1) is 21.3. The van der Waals surface area contributed by atoms with E-state index in [1.807, 2.05) is 0 Å². The Labute approximate surface area is 249 Å². The van der Waals surface area contributed by atoms with Gasteiger partial charge in [-0.1, -0.05) is 140 Å². The van der Waals surface area contributed by atoms with Crippen LogP contribution in [0, 0.1) is 0 Å². The number of rotatable bonds is 2. The third-order valence-electron chi connectivity index (χ3n) is 9.68. The van der Waals surface area contributed by atoms with Crippen LogP contribution in [0.1, 0.15) is 22.6 Å². The van der Waals surface area contributed by atoms with E-state index in [2.05, 4.69) is 146 Å². The summed E-state index contributed by atoms with van der Waals surface area (Å²) in [5.74, 6) is 0.187. The van der Waals surface area contributed by atoms with Crippen LogP contribution < -0.4 is 0 Å². The lowest BCUT2D eigenvalue weighted by atomic mass is 9.75. The van der Waals surface area contributed by atoms with E-state index < -0.39 is 0 Å². The van der Waals surface area contributed by atoms with E-state index in [1.54, 1.807) is 0 Å². The molecule has 43 heavy (non-hydrogen) atoms. The molecule has 1 nitrogen and oxygen atoms in total. The van der Waals surface area contributed by atoms with Gasteiger partial charge in [-0.05, 0) is 82.9 Å². The van der Waals surface area contributed by atoms with Crippen LogP contribution in [0.25, 0.3) is 65.7 Å². The number of hydrogen-bond acceptors (Lipinski definition) is 1. The van der Waals surface area contributed by atoms with Gasteiger partial charge in [-0.2, -0.15) is 0 Å². The van der Waals surface area contributed by atoms with Crippen molar-refractivity contribution in [3.05, 3.63) is 162 Å². The Balaban J connectivity index is 1.06. The fourth-order valence-electron chi connectivity index (χ4n) is 7.70. The average Bonchev–Trinajstić information content (AvgIpc) is 3.47. The molecule has 0 amide bonds. The van der Waals surface area contributed by atoms with Crippen LogP contribution in [0.4, 0.5) is 5.69 Å². The highest BCUT2D eigenvalue weighted by atomic mass is 14.8. The first-order valence-electron chi connectivity index (χ1n) is 15.0. The van der Waals surface area contributed by atoms with Gasteiger partial charge in [0.05, 0.1) is 17.3 Å². The van der Waals surface area contributed by atoms with Gasteiger partial charge in [0.25, 0.3) is 0 Å². The fraction of sp³-hybridized carbons (Fsp3) is 0.0238. The van der Waals surface area contributed by atoms with Crippen LogP contribution >= 0.6 is 0 Å². The summed E-state index contributed by atoms with van der Waals surface area (Å²) in [6.07, 6.45) is 0. The van der Waals surface area contributed by atoms with Gasteiger partial charge in [0, 0.05) is 5.56 Å². The van der Waals surface area contributed by atoms with Crippen molar-refractivity contribution in [3.8, 4) is 33.4 Å². The lowest BCUT2D eigenvalue weighted by molar-refractivity contribution is 1.10. The van der Waals surface area contributed by atoms with Crippen LogP contribution in [0.15, 0.2) is 151 Å². The molecule has 1 atom stereocenters. The molecule has 1 aliphatic carbocycles. The molecule has 1 unspecified atom stereocenters. The van der Waals surface area contributed by atoms with Gasteiger partial charge in [0.1, 0.15) is 0 Å². The summed E-state index contributed by atoms with van der Waals surface area (Å²) in [6.45, 7) is 0. The maximum absolute atomic E-state index is 5.26. The molecule has 1 aliphatic heterocycles. The minimum Gasteiger partial charge on any atom is -0.251 e. The van der Waals surface area contributed by atoms with Crippen molar-refractivity contribution in [2.45, 2.75) is 5.92 Å².